The summed E-state index contributed by atoms with van der Waals surface area (Å²) in [4.78, 5) is 22.8. The molecule has 0 aliphatic carbocycles. The van der Waals surface area contributed by atoms with Crippen LogP contribution in [0.5, 0.6) is 0 Å². The van der Waals surface area contributed by atoms with Crippen molar-refractivity contribution in [3.8, 4) is 11.4 Å². The number of rotatable bonds is 5. The number of imidazole rings is 1. The van der Waals surface area contributed by atoms with Crippen molar-refractivity contribution in [2.75, 3.05) is 69.2 Å². The Morgan fingerprint density at radius 1 is 0.865 bits per heavy atom. The van der Waals surface area contributed by atoms with E-state index in [1.807, 2.05) is 18.3 Å². The third-order valence-electron chi connectivity index (χ3n) is 7.47. The Labute approximate surface area is 231 Å². The molecule has 2 aliphatic heterocycles. The van der Waals surface area contributed by atoms with Crippen molar-refractivity contribution >= 4 is 50.1 Å². The fourth-order valence-corrected chi connectivity index (χ4v) is 5.92. The van der Waals surface area contributed by atoms with Crippen molar-refractivity contribution in [1.29, 1.82) is 0 Å². The highest BCUT2D eigenvalue weighted by molar-refractivity contribution is 9.10. The Balaban J connectivity index is 1.18. The van der Waals surface area contributed by atoms with Gasteiger partial charge in [-0.05, 0) is 64.9 Å². The van der Waals surface area contributed by atoms with Crippen LogP contribution in [-0.2, 0) is 6.54 Å². The van der Waals surface area contributed by atoms with Gasteiger partial charge in [-0.1, -0.05) is 23.7 Å². The van der Waals surface area contributed by atoms with E-state index in [1.165, 1.54) is 11.3 Å². The van der Waals surface area contributed by atoms with Crippen molar-refractivity contribution < 1.29 is 0 Å². The maximum absolute atomic E-state index is 6.05. The van der Waals surface area contributed by atoms with Gasteiger partial charge in [0.15, 0.2) is 5.65 Å². The lowest BCUT2D eigenvalue weighted by molar-refractivity contribution is 0.250. The van der Waals surface area contributed by atoms with Gasteiger partial charge in [-0.2, -0.15) is 0 Å². The molecule has 2 saturated heterocycles. The predicted molar refractivity (Wildman–Crippen MR) is 156 cm³/mol. The number of benzene rings is 2. The minimum absolute atomic E-state index is 0.750. The third-order valence-corrected chi connectivity index (χ3v) is 8.30. The number of H-pyrrole nitrogens is 1. The lowest BCUT2D eigenvalue weighted by Gasteiger charge is -2.36. The molecule has 2 aromatic carbocycles. The number of aromatic nitrogens is 3. The van der Waals surface area contributed by atoms with Gasteiger partial charge < -0.3 is 19.7 Å². The van der Waals surface area contributed by atoms with Gasteiger partial charge in [0.05, 0.1) is 10.2 Å². The first-order valence-electron chi connectivity index (χ1n) is 12.8. The Morgan fingerprint density at radius 3 is 2.24 bits per heavy atom. The third kappa shape index (κ3) is 5.34. The Bertz CT molecular complexity index is 1360. The van der Waals surface area contributed by atoms with Crippen molar-refractivity contribution in [3.63, 3.8) is 0 Å². The summed E-state index contributed by atoms with van der Waals surface area (Å²) < 4.78 is 0.992. The predicted octanol–water partition coefficient (Wildman–Crippen LogP) is 5.11. The Morgan fingerprint density at radius 2 is 1.54 bits per heavy atom. The van der Waals surface area contributed by atoms with Gasteiger partial charge in [0.1, 0.15) is 11.3 Å². The molecule has 0 saturated carbocycles. The van der Waals surface area contributed by atoms with E-state index in [0.29, 0.717) is 0 Å². The number of likely N-dealkylation sites (N-methyl/N-ethyl adjacent to an activating group) is 1. The SMILES string of the molecule is CN1CCN(c2ccc(-c3nc4ncc(Br)c(N5CCN(Cc6ccc(Cl)cc6)CC5)c4[nH]3)cc2)CC1. The van der Waals surface area contributed by atoms with Gasteiger partial charge in [-0.15, -0.1) is 0 Å². The molecule has 0 atom stereocenters. The normalized spacial score (nSPS) is 17.6. The number of pyridine rings is 1. The van der Waals surface area contributed by atoms with Crippen LogP contribution in [0.4, 0.5) is 11.4 Å². The summed E-state index contributed by atoms with van der Waals surface area (Å²) in [5, 5.41) is 0.782. The number of fused-ring (bicyclic) bond motifs is 1. The van der Waals surface area contributed by atoms with Gasteiger partial charge >= 0.3 is 0 Å². The lowest BCUT2D eigenvalue weighted by atomic mass is 10.1. The number of nitrogens with zero attached hydrogens (tertiary/aromatic N) is 6. The fourth-order valence-electron chi connectivity index (χ4n) is 5.24. The zero-order chi connectivity index (χ0) is 25.4. The molecule has 192 valence electrons. The number of nitrogens with one attached hydrogen (secondary N) is 1. The number of piperazine rings is 2. The van der Waals surface area contributed by atoms with E-state index in [9.17, 15) is 0 Å². The number of anilines is 2. The van der Waals surface area contributed by atoms with Crippen LogP contribution < -0.4 is 9.80 Å². The van der Waals surface area contributed by atoms with Crippen molar-refractivity contribution in [2.24, 2.45) is 0 Å². The van der Waals surface area contributed by atoms with E-state index in [1.54, 1.807) is 0 Å². The summed E-state index contributed by atoms with van der Waals surface area (Å²) in [6.07, 6.45) is 1.87. The maximum atomic E-state index is 6.05. The highest BCUT2D eigenvalue weighted by Gasteiger charge is 2.23. The molecule has 0 unspecified atom stereocenters. The Hall–Kier alpha value is -2.65. The van der Waals surface area contributed by atoms with Crippen molar-refractivity contribution in [1.82, 2.24) is 24.8 Å². The molecule has 2 fully saturated rings. The van der Waals surface area contributed by atoms with Gasteiger partial charge in [0.2, 0.25) is 0 Å². The first-order chi connectivity index (χ1) is 18.0. The molecule has 9 heteroatoms. The summed E-state index contributed by atoms with van der Waals surface area (Å²) in [5.74, 6) is 0.855. The van der Waals surface area contributed by atoms with Crippen molar-refractivity contribution in [3.05, 3.63) is 69.8 Å². The Kier molecular flexibility index (Phi) is 7.08. The van der Waals surface area contributed by atoms with Gasteiger partial charge in [0, 0.05) is 81.4 Å². The van der Waals surface area contributed by atoms with Gasteiger partial charge in [-0.3, -0.25) is 4.90 Å². The zero-order valence-electron chi connectivity index (χ0n) is 21.0. The molecular weight excluding hydrogens is 550 g/mol. The van der Waals surface area contributed by atoms with Crippen LogP contribution in [0.2, 0.25) is 5.02 Å². The fraction of sp³-hybridized carbons (Fsp3) is 0.357. The van der Waals surface area contributed by atoms with Crippen LogP contribution in [0.3, 0.4) is 0 Å². The number of hydrogen-bond donors (Lipinski definition) is 1. The first-order valence-corrected chi connectivity index (χ1v) is 14.0. The highest BCUT2D eigenvalue weighted by Crippen LogP contribution is 2.34. The van der Waals surface area contributed by atoms with E-state index in [4.69, 9.17) is 16.6 Å². The van der Waals surface area contributed by atoms with Gasteiger partial charge in [-0.25, -0.2) is 9.97 Å². The van der Waals surface area contributed by atoms with E-state index in [2.05, 4.69) is 88.9 Å². The van der Waals surface area contributed by atoms with Crippen molar-refractivity contribution in [2.45, 2.75) is 6.54 Å². The van der Waals surface area contributed by atoms with E-state index < -0.39 is 0 Å². The lowest BCUT2D eigenvalue weighted by Crippen LogP contribution is -2.46. The quantitative estimate of drug-likeness (QED) is 0.354. The minimum Gasteiger partial charge on any atom is -0.369 e. The average Bonchev–Trinajstić information content (AvgIpc) is 3.35. The van der Waals surface area contributed by atoms with E-state index in [-0.39, 0.29) is 0 Å². The van der Waals surface area contributed by atoms with Crippen LogP contribution in [0, 0.1) is 0 Å². The second-order valence-corrected chi connectivity index (χ2v) is 11.3. The largest absolute Gasteiger partial charge is 0.369 e. The summed E-state index contributed by atoms with van der Waals surface area (Å²) in [6, 6.07) is 16.9. The summed E-state index contributed by atoms with van der Waals surface area (Å²) in [5.41, 5.74) is 6.52. The molecule has 37 heavy (non-hydrogen) atoms. The molecule has 2 aliphatic rings. The summed E-state index contributed by atoms with van der Waals surface area (Å²) in [6.45, 7) is 9.15. The van der Waals surface area contributed by atoms with Gasteiger partial charge in [0.25, 0.3) is 0 Å². The zero-order valence-corrected chi connectivity index (χ0v) is 23.3. The van der Waals surface area contributed by atoms with Crippen LogP contribution >= 0.6 is 27.5 Å². The second-order valence-electron chi connectivity index (χ2n) is 9.97. The molecule has 6 rings (SSSR count). The van der Waals surface area contributed by atoms with E-state index in [0.717, 1.165) is 96.6 Å². The van der Waals surface area contributed by atoms with Crippen LogP contribution in [0.25, 0.3) is 22.6 Å². The number of halogens is 2. The topological polar surface area (TPSA) is 54.5 Å². The summed E-state index contributed by atoms with van der Waals surface area (Å²) >= 11 is 9.81. The highest BCUT2D eigenvalue weighted by atomic mass is 79.9. The average molecular weight is 581 g/mol. The number of hydrogen-bond acceptors (Lipinski definition) is 6. The maximum Gasteiger partial charge on any atom is 0.180 e. The first kappa shape index (κ1) is 24.7. The molecule has 7 nitrogen and oxygen atoms in total. The molecule has 4 heterocycles. The molecule has 0 radical (unpaired) electrons. The molecule has 4 aromatic rings. The van der Waals surface area contributed by atoms with Crippen LogP contribution in [-0.4, -0.2) is 84.2 Å². The molecule has 2 aromatic heterocycles. The molecule has 0 spiro atoms. The second kappa shape index (κ2) is 10.6. The molecule has 0 bridgehead atoms. The smallest absolute Gasteiger partial charge is 0.180 e. The van der Waals surface area contributed by atoms with Crippen LogP contribution in [0.15, 0.2) is 59.2 Å². The molecular formula is C28H31BrClN7. The summed E-state index contributed by atoms with van der Waals surface area (Å²) in [7, 11) is 2.18. The number of aromatic amines is 1. The monoisotopic (exact) mass is 579 g/mol. The standard InChI is InChI=1S/C28H31BrClN7/c1-34-10-14-36(15-11-34)23-8-4-21(5-9-23)27-32-25-26(24(29)18-31-28(25)33-27)37-16-12-35(13-17-37)19-20-2-6-22(30)7-3-20/h2-9,18H,10-17,19H2,1H3,(H,31,32,33). The van der Waals surface area contributed by atoms with E-state index >= 15 is 0 Å². The van der Waals surface area contributed by atoms with Crippen LogP contribution in [0.1, 0.15) is 5.56 Å². The minimum atomic E-state index is 0.750. The molecule has 0 amide bonds. The molecule has 1 N–H and O–H groups in total.